The molecule has 5 nitrogen and oxygen atoms in total. The summed E-state index contributed by atoms with van der Waals surface area (Å²) in [7, 11) is 1.84. The topological polar surface area (TPSA) is 48.9 Å². The van der Waals surface area contributed by atoms with Crippen molar-refractivity contribution in [2.75, 3.05) is 51.4 Å². The molecule has 1 aromatic rings. The molecule has 2 aliphatic heterocycles. The van der Waals surface area contributed by atoms with Gasteiger partial charge in [-0.2, -0.15) is 11.8 Å². The summed E-state index contributed by atoms with van der Waals surface area (Å²) in [6.07, 6.45) is 1.24. The highest BCUT2D eigenvalue weighted by atomic mass is 32.2. The maximum absolute atomic E-state index is 5.54. The molecule has 0 spiro atoms. The normalized spacial score (nSPS) is 25.1. The van der Waals surface area contributed by atoms with E-state index in [9.17, 15) is 0 Å². The Hall–Kier alpha value is -1.24. The first-order chi connectivity index (χ1) is 12.2. The molecular formula is C19H30N4OS. The quantitative estimate of drug-likeness (QED) is 0.619. The summed E-state index contributed by atoms with van der Waals surface area (Å²) in [4.78, 5) is 7.03. The standard InChI is InChI=1S/C19H30N4OS/c1-16-4-3-5-17(12-16)13-21-18(20-2)22-14-19(6-11-25-15-19)23-7-9-24-10-8-23/h3-5,12H,6-11,13-15H2,1-2H3,(H2,20,21,22). The zero-order chi connectivity index (χ0) is 17.5. The highest BCUT2D eigenvalue weighted by molar-refractivity contribution is 7.99. The summed E-state index contributed by atoms with van der Waals surface area (Å²) >= 11 is 2.06. The number of nitrogens with one attached hydrogen (secondary N) is 2. The number of guanidine groups is 1. The fraction of sp³-hybridized carbons (Fsp3) is 0.632. The van der Waals surface area contributed by atoms with Gasteiger partial charge in [0.1, 0.15) is 0 Å². The van der Waals surface area contributed by atoms with Crippen LogP contribution < -0.4 is 10.6 Å². The van der Waals surface area contributed by atoms with Crippen molar-refractivity contribution in [1.82, 2.24) is 15.5 Å². The predicted octanol–water partition coefficient (Wildman–Crippen LogP) is 1.87. The Morgan fingerprint density at radius 2 is 2.16 bits per heavy atom. The van der Waals surface area contributed by atoms with E-state index in [1.54, 1.807) is 0 Å². The Morgan fingerprint density at radius 3 is 2.84 bits per heavy atom. The number of benzene rings is 1. The molecule has 0 bridgehead atoms. The van der Waals surface area contributed by atoms with Crippen LogP contribution in [0.2, 0.25) is 0 Å². The van der Waals surface area contributed by atoms with E-state index in [0.717, 1.165) is 45.4 Å². The lowest BCUT2D eigenvalue weighted by atomic mass is 9.95. The molecule has 3 rings (SSSR count). The second-order valence-electron chi connectivity index (χ2n) is 6.89. The van der Waals surface area contributed by atoms with Gasteiger partial charge in [-0.15, -0.1) is 0 Å². The predicted molar refractivity (Wildman–Crippen MR) is 106 cm³/mol. The maximum Gasteiger partial charge on any atom is 0.191 e. The SMILES string of the molecule is CN=C(NCc1cccc(C)c1)NCC1(N2CCOCC2)CCSC1. The summed E-state index contributed by atoms with van der Waals surface area (Å²) in [5.74, 6) is 3.31. The average molecular weight is 363 g/mol. The van der Waals surface area contributed by atoms with Crippen molar-refractivity contribution in [1.29, 1.82) is 0 Å². The van der Waals surface area contributed by atoms with Crippen LogP contribution in [0.15, 0.2) is 29.3 Å². The molecule has 1 aromatic carbocycles. The van der Waals surface area contributed by atoms with Gasteiger partial charge in [-0.1, -0.05) is 29.8 Å². The van der Waals surface area contributed by atoms with Crippen LogP contribution >= 0.6 is 11.8 Å². The largest absolute Gasteiger partial charge is 0.379 e. The third-order valence-corrected chi connectivity index (χ3v) is 6.35. The van der Waals surface area contributed by atoms with Crippen molar-refractivity contribution >= 4 is 17.7 Å². The third kappa shape index (κ3) is 4.90. The first-order valence-electron chi connectivity index (χ1n) is 9.12. The molecule has 0 radical (unpaired) electrons. The molecule has 0 saturated carbocycles. The van der Waals surface area contributed by atoms with Crippen LogP contribution in [0.5, 0.6) is 0 Å². The lowest BCUT2D eigenvalue weighted by Crippen LogP contribution is -2.60. The van der Waals surface area contributed by atoms with Gasteiger partial charge in [-0.05, 0) is 24.7 Å². The van der Waals surface area contributed by atoms with E-state index in [1.807, 2.05) is 7.05 Å². The minimum absolute atomic E-state index is 0.232. The number of ether oxygens (including phenoxy) is 1. The number of aliphatic imine (C=N–C) groups is 1. The minimum Gasteiger partial charge on any atom is -0.379 e. The van der Waals surface area contributed by atoms with Crippen LogP contribution in [-0.2, 0) is 11.3 Å². The molecule has 2 heterocycles. The summed E-state index contributed by atoms with van der Waals surface area (Å²) in [5.41, 5.74) is 2.80. The highest BCUT2D eigenvalue weighted by Gasteiger charge is 2.40. The molecule has 2 saturated heterocycles. The molecule has 2 aliphatic rings. The summed E-state index contributed by atoms with van der Waals surface area (Å²) in [6, 6.07) is 8.59. The van der Waals surface area contributed by atoms with E-state index in [1.165, 1.54) is 29.1 Å². The molecule has 2 N–H and O–H groups in total. The van der Waals surface area contributed by atoms with Gasteiger partial charge in [0.15, 0.2) is 5.96 Å². The molecule has 138 valence electrons. The van der Waals surface area contributed by atoms with Gasteiger partial charge in [0.2, 0.25) is 0 Å². The molecule has 1 atom stereocenters. The number of hydrogen-bond acceptors (Lipinski definition) is 4. The van der Waals surface area contributed by atoms with E-state index in [2.05, 4.69) is 63.5 Å². The number of nitrogens with zero attached hydrogens (tertiary/aromatic N) is 2. The van der Waals surface area contributed by atoms with Crippen LogP contribution in [0.3, 0.4) is 0 Å². The van der Waals surface area contributed by atoms with Crippen molar-refractivity contribution in [2.24, 2.45) is 4.99 Å². The molecule has 0 aromatic heterocycles. The number of rotatable bonds is 5. The molecule has 25 heavy (non-hydrogen) atoms. The number of morpholine rings is 1. The Bertz CT molecular complexity index is 581. The van der Waals surface area contributed by atoms with E-state index >= 15 is 0 Å². The van der Waals surface area contributed by atoms with E-state index in [0.29, 0.717) is 0 Å². The lowest BCUT2D eigenvalue weighted by Gasteiger charge is -2.43. The third-order valence-electron chi connectivity index (χ3n) is 5.12. The molecule has 0 amide bonds. The van der Waals surface area contributed by atoms with Gasteiger partial charge < -0.3 is 15.4 Å². The number of aryl methyl sites for hydroxylation is 1. The summed E-state index contributed by atoms with van der Waals surface area (Å²) < 4.78 is 5.54. The Labute approximate surface area is 155 Å². The van der Waals surface area contributed by atoms with E-state index in [4.69, 9.17) is 4.74 Å². The van der Waals surface area contributed by atoms with Crippen LogP contribution in [0.1, 0.15) is 17.5 Å². The average Bonchev–Trinajstić information content (AvgIpc) is 3.13. The zero-order valence-corrected chi connectivity index (χ0v) is 16.2. The van der Waals surface area contributed by atoms with E-state index < -0.39 is 0 Å². The lowest BCUT2D eigenvalue weighted by molar-refractivity contribution is -0.0120. The summed E-state index contributed by atoms with van der Waals surface area (Å²) in [5, 5.41) is 7.02. The van der Waals surface area contributed by atoms with Gasteiger partial charge in [0.05, 0.1) is 13.2 Å². The van der Waals surface area contributed by atoms with Crippen molar-refractivity contribution in [3.8, 4) is 0 Å². The second kappa shape index (κ2) is 8.92. The molecule has 2 fully saturated rings. The maximum atomic E-state index is 5.54. The van der Waals surface area contributed by atoms with Crippen LogP contribution in [0, 0.1) is 6.92 Å². The van der Waals surface area contributed by atoms with Crippen molar-refractivity contribution in [3.63, 3.8) is 0 Å². The Morgan fingerprint density at radius 1 is 1.32 bits per heavy atom. The fourth-order valence-electron chi connectivity index (χ4n) is 3.61. The molecule has 1 unspecified atom stereocenters. The van der Waals surface area contributed by atoms with E-state index in [-0.39, 0.29) is 5.54 Å². The highest BCUT2D eigenvalue weighted by Crippen LogP contribution is 2.33. The van der Waals surface area contributed by atoms with Crippen molar-refractivity contribution < 1.29 is 4.74 Å². The first kappa shape index (κ1) is 18.5. The number of hydrogen-bond donors (Lipinski definition) is 2. The van der Waals surface area contributed by atoms with Gasteiger partial charge in [-0.25, -0.2) is 0 Å². The molecule has 6 heteroatoms. The van der Waals surface area contributed by atoms with Crippen LogP contribution in [-0.4, -0.2) is 67.8 Å². The monoisotopic (exact) mass is 362 g/mol. The second-order valence-corrected chi connectivity index (χ2v) is 8.00. The zero-order valence-electron chi connectivity index (χ0n) is 15.4. The Kier molecular flexibility index (Phi) is 6.62. The van der Waals surface area contributed by atoms with Gasteiger partial charge >= 0.3 is 0 Å². The van der Waals surface area contributed by atoms with Crippen molar-refractivity contribution in [2.45, 2.75) is 25.4 Å². The van der Waals surface area contributed by atoms with Gasteiger partial charge in [0, 0.05) is 44.5 Å². The van der Waals surface area contributed by atoms with Crippen molar-refractivity contribution in [3.05, 3.63) is 35.4 Å². The minimum atomic E-state index is 0.232. The van der Waals surface area contributed by atoms with Crippen LogP contribution in [0.25, 0.3) is 0 Å². The fourth-order valence-corrected chi connectivity index (χ4v) is 5.09. The van der Waals surface area contributed by atoms with Crippen LogP contribution in [0.4, 0.5) is 0 Å². The molecule has 0 aliphatic carbocycles. The Balaban J connectivity index is 1.55. The smallest absolute Gasteiger partial charge is 0.191 e. The van der Waals surface area contributed by atoms with Gasteiger partial charge in [-0.3, -0.25) is 9.89 Å². The first-order valence-corrected chi connectivity index (χ1v) is 10.3. The molecular weight excluding hydrogens is 332 g/mol. The number of thioether (sulfide) groups is 1. The summed E-state index contributed by atoms with van der Waals surface area (Å²) in [6.45, 7) is 7.64. The van der Waals surface area contributed by atoms with Gasteiger partial charge in [0.25, 0.3) is 0 Å².